The molecule has 0 radical (unpaired) electrons. The van der Waals surface area contributed by atoms with Crippen molar-refractivity contribution in [1.29, 1.82) is 0 Å². The van der Waals surface area contributed by atoms with Crippen molar-refractivity contribution in [3.05, 3.63) is 29.8 Å². The summed E-state index contributed by atoms with van der Waals surface area (Å²) in [4.78, 5) is 23.5. The number of carbonyl (C=O) groups excluding carboxylic acids is 2. The first-order valence-electron chi connectivity index (χ1n) is 8.05. The van der Waals surface area contributed by atoms with Gasteiger partial charge in [0.05, 0.1) is 0 Å². The maximum absolute atomic E-state index is 11.8. The van der Waals surface area contributed by atoms with E-state index in [1.54, 1.807) is 24.3 Å². The maximum atomic E-state index is 11.8. The molecule has 0 aromatic heterocycles. The fourth-order valence-electron chi connectivity index (χ4n) is 2.05. The number of unbranched alkanes of at least 4 members (excludes halogenated alkanes) is 3. The van der Waals surface area contributed by atoms with Gasteiger partial charge in [0, 0.05) is 24.2 Å². The second-order valence-electron chi connectivity index (χ2n) is 5.33. The summed E-state index contributed by atoms with van der Waals surface area (Å²) in [6, 6.07) is 6.96. The molecule has 1 rings (SSSR count). The van der Waals surface area contributed by atoms with Crippen LogP contribution in [0.5, 0.6) is 0 Å². The van der Waals surface area contributed by atoms with E-state index in [0.29, 0.717) is 25.1 Å². The third kappa shape index (κ3) is 7.22. The monoisotopic (exact) mass is 305 g/mol. The number of benzene rings is 1. The Morgan fingerprint density at radius 1 is 1.05 bits per heavy atom. The van der Waals surface area contributed by atoms with Crippen LogP contribution in [0.1, 0.15) is 55.8 Å². The quantitative estimate of drug-likeness (QED) is 0.581. The Labute approximate surface area is 132 Å². The van der Waals surface area contributed by atoms with Gasteiger partial charge >= 0.3 is 0 Å². The molecule has 1 aromatic rings. The van der Waals surface area contributed by atoms with Gasteiger partial charge in [0.25, 0.3) is 5.91 Å². The van der Waals surface area contributed by atoms with Crippen LogP contribution in [0.4, 0.5) is 5.69 Å². The Hall–Kier alpha value is -1.88. The van der Waals surface area contributed by atoms with E-state index in [2.05, 4.69) is 10.6 Å². The van der Waals surface area contributed by atoms with Crippen molar-refractivity contribution in [2.75, 3.05) is 18.4 Å². The lowest BCUT2D eigenvalue weighted by Gasteiger charge is -2.07. The first-order valence-corrected chi connectivity index (χ1v) is 8.05. The molecule has 1 aromatic carbocycles. The molecular weight excluding hydrogens is 278 g/mol. The van der Waals surface area contributed by atoms with E-state index < -0.39 is 0 Å². The van der Waals surface area contributed by atoms with Crippen molar-refractivity contribution in [3.8, 4) is 0 Å². The van der Waals surface area contributed by atoms with E-state index in [1.807, 2.05) is 6.92 Å². The lowest BCUT2D eigenvalue weighted by molar-refractivity contribution is -0.116. The predicted molar refractivity (Wildman–Crippen MR) is 89.8 cm³/mol. The van der Waals surface area contributed by atoms with E-state index in [-0.39, 0.29) is 11.8 Å². The number of hydrogen-bond acceptors (Lipinski definition) is 3. The van der Waals surface area contributed by atoms with Crippen LogP contribution < -0.4 is 16.4 Å². The van der Waals surface area contributed by atoms with Crippen molar-refractivity contribution < 1.29 is 9.59 Å². The van der Waals surface area contributed by atoms with Crippen molar-refractivity contribution in [1.82, 2.24) is 5.32 Å². The Balaban J connectivity index is 2.34. The number of anilines is 1. The van der Waals surface area contributed by atoms with Crippen LogP contribution in [0, 0.1) is 0 Å². The van der Waals surface area contributed by atoms with E-state index in [9.17, 15) is 9.59 Å². The van der Waals surface area contributed by atoms with Gasteiger partial charge in [-0.3, -0.25) is 9.59 Å². The minimum atomic E-state index is -0.0837. The van der Waals surface area contributed by atoms with E-state index in [1.165, 1.54) is 0 Å². The number of nitrogens with one attached hydrogen (secondary N) is 2. The molecule has 0 spiro atoms. The smallest absolute Gasteiger partial charge is 0.251 e. The molecule has 122 valence electrons. The molecule has 22 heavy (non-hydrogen) atoms. The fraction of sp³-hybridized carbons (Fsp3) is 0.529. The van der Waals surface area contributed by atoms with Gasteiger partial charge in [-0.05, 0) is 50.1 Å². The van der Waals surface area contributed by atoms with Gasteiger partial charge in [-0.25, -0.2) is 0 Å². The largest absolute Gasteiger partial charge is 0.352 e. The van der Waals surface area contributed by atoms with Crippen LogP contribution in [0.2, 0.25) is 0 Å². The van der Waals surface area contributed by atoms with E-state index >= 15 is 0 Å². The second-order valence-corrected chi connectivity index (χ2v) is 5.33. The zero-order valence-electron chi connectivity index (χ0n) is 13.4. The number of nitrogens with two attached hydrogens (primary N) is 1. The van der Waals surface area contributed by atoms with Crippen molar-refractivity contribution in [2.24, 2.45) is 5.73 Å². The molecule has 4 N–H and O–H groups in total. The molecule has 5 nitrogen and oxygen atoms in total. The molecule has 5 heteroatoms. The minimum Gasteiger partial charge on any atom is -0.352 e. The molecule has 0 saturated carbocycles. The third-order valence-electron chi connectivity index (χ3n) is 3.32. The molecule has 0 aliphatic rings. The number of hydrogen-bond donors (Lipinski definition) is 3. The molecule has 0 atom stereocenters. The summed E-state index contributed by atoms with van der Waals surface area (Å²) in [6.45, 7) is 3.39. The average Bonchev–Trinajstić information content (AvgIpc) is 2.53. The maximum Gasteiger partial charge on any atom is 0.251 e. The zero-order valence-corrected chi connectivity index (χ0v) is 13.4. The van der Waals surface area contributed by atoms with Gasteiger partial charge in [0.1, 0.15) is 0 Å². The molecule has 0 fully saturated rings. The molecular formula is C17H27N3O2. The summed E-state index contributed by atoms with van der Waals surface area (Å²) >= 11 is 0. The Morgan fingerprint density at radius 3 is 2.36 bits per heavy atom. The van der Waals surface area contributed by atoms with Crippen LogP contribution >= 0.6 is 0 Å². The molecule has 0 saturated heterocycles. The Bertz CT molecular complexity index is 457. The lowest BCUT2D eigenvalue weighted by atomic mass is 10.1. The number of carbonyl (C=O) groups is 2. The third-order valence-corrected chi connectivity index (χ3v) is 3.32. The van der Waals surface area contributed by atoms with Gasteiger partial charge in [-0.1, -0.05) is 19.8 Å². The summed E-state index contributed by atoms with van der Waals surface area (Å²) in [5.41, 5.74) is 6.75. The van der Waals surface area contributed by atoms with Crippen LogP contribution in [0.15, 0.2) is 24.3 Å². The van der Waals surface area contributed by atoms with Crippen LogP contribution in [-0.4, -0.2) is 24.9 Å². The zero-order chi connectivity index (χ0) is 16.2. The second kappa shape index (κ2) is 10.8. The molecule has 0 aliphatic carbocycles. The topological polar surface area (TPSA) is 84.2 Å². The van der Waals surface area contributed by atoms with Crippen molar-refractivity contribution >= 4 is 17.5 Å². The van der Waals surface area contributed by atoms with E-state index in [4.69, 9.17) is 5.73 Å². The number of amides is 2. The number of rotatable bonds is 10. The van der Waals surface area contributed by atoms with Crippen LogP contribution in [0.3, 0.4) is 0 Å². The molecule has 0 heterocycles. The standard InChI is InChI=1S/C17H27N3O2/c1-2-13-19-17(22)14-8-10-15(11-9-14)20-16(21)7-5-3-4-6-12-18/h8-11H,2-7,12-13,18H2,1H3,(H,19,22)(H,20,21). The summed E-state index contributed by atoms with van der Waals surface area (Å²) in [5.74, 6) is -0.0736. The highest BCUT2D eigenvalue weighted by atomic mass is 16.2. The summed E-state index contributed by atoms with van der Waals surface area (Å²) in [5, 5.41) is 5.67. The SMILES string of the molecule is CCCNC(=O)c1ccc(NC(=O)CCCCCCN)cc1. The van der Waals surface area contributed by atoms with Crippen molar-refractivity contribution in [2.45, 2.75) is 45.4 Å². The van der Waals surface area contributed by atoms with Gasteiger partial charge < -0.3 is 16.4 Å². The van der Waals surface area contributed by atoms with Crippen molar-refractivity contribution in [3.63, 3.8) is 0 Å². The highest BCUT2D eigenvalue weighted by molar-refractivity contribution is 5.95. The fourth-order valence-corrected chi connectivity index (χ4v) is 2.05. The van der Waals surface area contributed by atoms with Crippen LogP contribution in [0.25, 0.3) is 0 Å². The predicted octanol–water partition coefficient (Wildman–Crippen LogP) is 2.67. The van der Waals surface area contributed by atoms with Gasteiger partial charge in [-0.15, -0.1) is 0 Å². The van der Waals surface area contributed by atoms with Gasteiger partial charge in [0.15, 0.2) is 0 Å². The minimum absolute atomic E-state index is 0.0101. The Morgan fingerprint density at radius 2 is 1.73 bits per heavy atom. The first-order chi connectivity index (χ1) is 10.7. The molecule has 2 amide bonds. The normalized spacial score (nSPS) is 10.3. The van der Waals surface area contributed by atoms with E-state index in [0.717, 1.165) is 37.8 Å². The summed E-state index contributed by atoms with van der Waals surface area (Å²) in [6.07, 6.45) is 5.42. The molecule has 0 aliphatic heterocycles. The highest BCUT2D eigenvalue weighted by Gasteiger charge is 2.06. The molecule has 0 unspecified atom stereocenters. The van der Waals surface area contributed by atoms with Gasteiger partial charge in [-0.2, -0.15) is 0 Å². The average molecular weight is 305 g/mol. The highest BCUT2D eigenvalue weighted by Crippen LogP contribution is 2.11. The summed E-state index contributed by atoms with van der Waals surface area (Å²) < 4.78 is 0. The molecule has 0 bridgehead atoms. The van der Waals surface area contributed by atoms with Crippen LogP contribution in [-0.2, 0) is 4.79 Å². The lowest BCUT2D eigenvalue weighted by Crippen LogP contribution is -2.23. The first kappa shape index (κ1) is 18.2. The summed E-state index contributed by atoms with van der Waals surface area (Å²) in [7, 11) is 0. The van der Waals surface area contributed by atoms with Gasteiger partial charge in [0.2, 0.25) is 5.91 Å². The Kier molecular flexibility index (Phi) is 8.91.